The second kappa shape index (κ2) is 7.59. The molecule has 0 aliphatic heterocycles. The van der Waals surface area contributed by atoms with Gasteiger partial charge in [0.2, 0.25) is 5.91 Å². The van der Waals surface area contributed by atoms with Crippen LogP contribution in [0.1, 0.15) is 24.2 Å². The standard InChI is InChI=1S/C13H17BrClN3O2/c1-8(2)5-16-11(19)7-18(3)13(20)10-4-9(14)6-17-12(10)15/h4,6,8H,5,7H2,1-3H3,(H,16,19). The van der Waals surface area contributed by atoms with Crippen LogP contribution in [0, 0.1) is 5.92 Å². The van der Waals surface area contributed by atoms with Gasteiger partial charge in [0.05, 0.1) is 12.1 Å². The van der Waals surface area contributed by atoms with E-state index in [-0.39, 0.29) is 29.1 Å². The number of nitrogens with zero attached hydrogens (tertiary/aromatic N) is 2. The molecule has 0 unspecified atom stereocenters. The number of carbonyl (C=O) groups excluding carboxylic acids is 2. The number of amides is 2. The Labute approximate surface area is 131 Å². The molecule has 0 atom stereocenters. The van der Waals surface area contributed by atoms with Gasteiger partial charge in [0.15, 0.2) is 0 Å². The first-order valence-electron chi connectivity index (χ1n) is 6.14. The van der Waals surface area contributed by atoms with Crippen molar-refractivity contribution in [2.75, 3.05) is 20.1 Å². The number of aromatic nitrogens is 1. The first kappa shape index (κ1) is 16.9. The number of rotatable bonds is 5. The third kappa shape index (κ3) is 5.09. The molecule has 0 radical (unpaired) electrons. The topological polar surface area (TPSA) is 62.3 Å². The van der Waals surface area contributed by atoms with E-state index in [0.29, 0.717) is 16.9 Å². The molecule has 7 heteroatoms. The number of likely N-dealkylation sites (N-methyl/N-ethyl adjacent to an activating group) is 1. The van der Waals surface area contributed by atoms with E-state index in [1.54, 1.807) is 13.1 Å². The SMILES string of the molecule is CC(C)CNC(=O)CN(C)C(=O)c1cc(Br)cnc1Cl. The molecule has 1 rings (SSSR count). The molecule has 0 fully saturated rings. The minimum Gasteiger partial charge on any atom is -0.354 e. The van der Waals surface area contributed by atoms with Gasteiger partial charge in [-0.3, -0.25) is 9.59 Å². The van der Waals surface area contributed by atoms with Gasteiger partial charge >= 0.3 is 0 Å². The Kier molecular flexibility index (Phi) is 6.42. The van der Waals surface area contributed by atoms with Crippen LogP contribution in [-0.4, -0.2) is 41.8 Å². The maximum absolute atomic E-state index is 12.2. The highest BCUT2D eigenvalue weighted by atomic mass is 79.9. The largest absolute Gasteiger partial charge is 0.354 e. The van der Waals surface area contributed by atoms with Crippen molar-refractivity contribution < 1.29 is 9.59 Å². The van der Waals surface area contributed by atoms with Crippen molar-refractivity contribution in [3.63, 3.8) is 0 Å². The summed E-state index contributed by atoms with van der Waals surface area (Å²) in [6.07, 6.45) is 1.51. The maximum Gasteiger partial charge on any atom is 0.257 e. The van der Waals surface area contributed by atoms with E-state index in [2.05, 4.69) is 26.2 Å². The smallest absolute Gasteiger partial charge is 0.257 e. The molecule has 0 aliphatic rings. The minimum absolute atomic E-state index is 0.0194. The van der Waals surface area contributed by atoms with Crippen molar-refractivity contribution >= 4 is 39.3 Å². The highest BCUT2D eigenvalue weighted by Gasteiger charge is 2.18. The van der Waals surface area contributed by atoms with E-state index in [0.717, 1.165) is 0 Å². The summed E-state index contributed by atoms with van der Waals surface area (Å²) in [7, 11) is 1.55. The summed E-state index contributed by atoms with van der Waals surface area (Å²) in [6.45, 7) is 4.57. The summed E-state index contributed by atoms with van der Waals surface area (Å²) in [6, 6.07) is 1.58. The van der Waals surface area contributed by atoms with Gasteiger partial charge in [-0.1, -0.05) is 25.4 Å². The lowest BCUT2D eigenvalue weighted by molar-refractivity contribution is -0.121. The average Bonchev–Trinajstić information content (AvgIpc) is 2.38. The molecule has 0 aromatic carbocycles. The van der Waals surface area contributed by atoms with Gasteiger partial charge in [-0.05, 0) is 27.9 Å². The third-order valence-electron chi connectivity index (χ3n) is 2.47. The Morgan fingerprint density at radius 2 is 2.15 bits per heavy atom. The van der Waals surface area contributed by atoms with Crippen LogP contribution < -0.4 is 5.32 Å². The Balaban J connectivity index is 2.67. The van der Waals surface area contributed by atoms with Crippen LogP contribution in [0.4, 0.5) is 0 Å². The summed E-state index contributed by atoms with van der Waals surface area (Å²) in [5.41, 5.74) is 0.264. The zero-order chi connectivity index (χ0) is 15.3. The Bertz CT molecular complexity index is 508. The molecule has 110 valence electrons. The predicted octanol–water partition coefficient (Wildman–Crippen LogP) is 2.34. The lowest BCUT2D eigenvalue weighted by atomic mass is 10.2. The second-order valence-corrected chi connectivity index (χ2v) is 6.12. The van der Waals surface area contributed by atoms with E-state index in [9.17, 15) is 9.59 Å². The average molecular weight is 363 g/mol. The summed E-state index contributed by atoms with van der Waals surface area (Å²) in [5, 5.41) is 2.87. The number of hydrogen-bond acceptors (Lipinski definition) is 3. The third-order valence-corrected chi connectivity index (χ3v) is 3.21. The molecular formula is C13H17BrClN3O2. The highest BCUT2D eigenvalue weighted by molar-refractivity contribution is 9.10. The van der Waals surface area contributed by atoms with Crippen LogP contribution in [0.25, 0.3) is 0 Å². The quantitative estimate of drug-likeness (QED) is 0.818. The molecule has 2 amide bonds. The molecule has 0 bridgehead atoms. The van der Waals surface area contributed by atoms with Gasteiger partial charge in [0, 0.05) is 24.3 Å². The molecule has 1 aromatic rings. The van der Waals surface area contributed by atoms with Gasteiger partial charge in [-0.25, -0.2) is 4.98 Å². The minimum atomic E-state index is -0.344. The number of pyridine rings is 1. The van der Waals surface area contributed by atoms with Gasteiger partial charge in [-0.15, -0.1) is 0 Å². The molecule has 0 aliphatic carbocycles. The first-order valence-corrected chi connectivity index (χ1v) is 7.31. The Hall–Kier alpha value is -1.14. The molecule has 1 heterocycles. The lowest BCUT2D eigenvalue weighted by Crippen LogP contribution is -2.39. The summed E-state index contributed by atoms with van der Waals surface area (Å²) >= 11 is 9.13. The van der Waals surface area contributed by atoms with Gasteiger partial charge in [0.25, 0.3) is 5.91 Å². The number of nitrogens with one attached hydrogen (secondary N) is 1. The predicted molar refractivity (Wildman–Crippen MR) is 81.8 cm³/mol. The van der Waals surface area contributed by atoms with Gasteiger partial charge < -0.3 is 10.2 Å². The zero-order valence-corrected chi connectivity index (χ0v) is 14.0. The molecule has 0 saturated carbocycles. The Morgan fingerprint density at radius 3 is 2.75 bits per heavy atom. The molecular weight excluding hydrogens is 346 g/mol. The second-order valence-electron chi connectivity index (χ2n) is 4.85. The van der Waals surface area contributed by atoms with E-state index in [1.165, 1.54) is 11.1 Å². The van der Waals surface area contributed by atoms with Crippen molar-refractivity contribution in [1.29, 1.82) is 0 Å². The van der Waals surface area contributed by atoms with Crippen LogP contribution in [0.15, 0.2) is 16.7 Å². The fourth-order valence-corrected chi connectivity index (χ4v) is 1.95. The fourth-order valence-electron chi connectivity index (χ4n) is 1.44. The van der Waals surface area contributed by atoms with E-state index < -0.39 is 0 Å². The van der Waals surface area contributed by atoms with Crippen LogP contribution in [0.5, 0.6) is 0 Å². The number of halogens is 2. The lowest BCUT2D eigenvalue weighted by Gasteiger charge is -2.18. The van der Waals surface area contributed by atoms with Crippen molar-refractivity contribution in [2.45, 2.75) is 13.8 Å². The monoisotopic (exact) mass is 361 g/mol. The number of carbonyl (C=O) groups is 2. The molecule has 20 heavy (non-hydrogen) atoms. The zero-order valence-electron chi connectivity index (χ0n) is 11.6. The van der Waals surface area contributed by atoms with E-state index >= 15 is 0 Å². The van der Waals surface area contributed by atoms with E-state index in [4.69, 9.17) is 11.6 Å². The number of hydrogen-bond donors (Lipinski definition) is 1. The van der Waals surface area contributed by atoms with Crippen molar-refractivity contribution in [1.82, 2.24) is 15.2 Å². The van der Waals surface area contributed by atoms with Crippen LogP contribution in [-0.2, 0) is 4.79 Å². The summed E-state index contributed by atoms with van der Waals surface area (Å²) in [4.78, 5) is 29.1. The molecule has 1 aromatic heterocycles. The first-order chi connectivity index (χ1) is 9.31. The summed E-state index contributed by atoms with van der Waals surface area (Å²) < 4.78 is 0.655. The molecule has 0 saturated heterocycles. The van der Waals surface area contributed by atoms with Crippen LogP contribution >= 0.6 is 27.5 Å². The van der Waals surface area contributed by atoms with Crippen molar-refractivity contribution in [3.8, 4) is 0 Å². The van der Waals surface area contributed by atoms with Crippen LogP contribution in [0.2, 0.25) is 5.15 Å². The van der Waals surface area contributed by atoms with Crippen molar-refractivity contribution in [2.24, 2.45) is 5.92 Å². The fraction of sp³-hybridized carbons (Fsp3) is 0.462. The normalized spacial score (nSPS) is 10.5. The molecule has 0 spiro atoms. The molecule has 1 N–H and O–H groups in total. The van der Waals surface area contributed by atoms with Crippen molar-refractivity contribution in [3.05, 3.63) is 27.5 Å². The van der Waals surface area contributed by atoms with Gasteiger partial charge in [-0.2, -0.15) is 0 Å². The van der Waals surface area contributed by atoms with Crippen LogP contribution in [0.3, 0.4) is 0 Å². The van der Waals surface area contributed by atoms with E-state index in [1.807, 2.05) is 13.8 Å². The maximum atomic E-state index is 12.2. The van der Waals surface area contributed by atoms with Gasteiger partial charge in [0.1, 0.15) is 5.15 Å². The Morgan fingerprint density at radius 1 is 1.50 bits per heavy atom. The molecule has 5 nitrogen and oxygen atoms in total. The summed E-state index contributed by atoms with van der Waals surface area (Å²) in [5.74, 6) is -0.180. The highest BCUT2D eigenvalue weighted by Crippen LogP contribution is 2.19.